The van der Waals surface area contributed by atoms with Crippen molar-refractivity contribution in [3.05, 3.63) is 48.0 Å². The molecule has 1 aliphatic rings. The molecule has 1 fully saturated rings. The zero-order valence-corrected chi connectivity index (χ0v) is 17.2. The van der Waals surface area contributed by atoms with Crippen LogP contribution in [0.2, 0.25) is 0 Å². The van der Waals surface area contributed by atoms with Crippen LogP contribution in [0.15, 0.2) is 47.4 Å². The maximum absolute atomic E-state index is 13.1. The third-order valence-electron chi connectivity index (χ3n) is 4.72. The first-order chi connectivity index (χ1) is 13.8. The number of nitrogens with zero attached hydrogens (tertiary/aromatic N) is 1. The van der Waals surface area contributed by atoms with Crippen LogP contribution < -0.4 is 14.8 Å². The standard InChI is InChI=1S/C20H22N2O6S/c1-13-11-16(7-9-18(13)28-3)29(25,26)22-17(8-10-19(22)23)20(24)21-14-5-4-6-15(12-14)27-2/h4-7,9,11-12,17H,8,10H2,1-3H3,(H,21,24)/t17-/m1/s1. The molecule has 0 aliphatic carbocycles. The highest BCUT2D eigenvalue weighted by atomic mass is 32.2. The number of nitrogens with one attached hydrogen (secondary N) is 1. The summed E-state index contributed by atoms with van der Waals surface area (Å²) in [6.07, 6.45) is 0.0908. The van der Waals surface area contributed by atoms with Gasteiger partial charge < -0.3 is 14.8 Å². The molecule has 1 heterocycles. The summed E-state index contributed by atoms with van der Waals surface area (Å²) in [6.45, 7) is 1.70. The van der Waals surface area contributed by atoms with Crippen molar-refractivity contribution in [2.24, 2.45) is 0 Å². The van der Waals surface area contributed by atoms with Crippen LogP contribution in [-0.2, 0) is 19.6 Å². The average molecular weight is 418 g/mol. The van der Waals surface area contributed by atoms with Crippen molar-refractivity contribution in [1.82, 2.24) is 4.31 Å². The highest BCUT2D eigenvalue weighted by Crippen LogP contribution is 2.30. The minimum absolute atomic E-state index is 0.0232. The molecule has 1 aliphatic heterocycles. The van der Waals surface area contributed by atoms with E-state index in [1.807, 2.05) is 0 Å². The fraction of sp³-hybridized carbons (Fsp3) is 0.300. The molecule has 1 saturated heterocycles. The Morgan fingerprint density at radius 3 is 2.55 bits per heavy atom. The number of sulfonamides is 1. The van der Waals surface area contributed by atoms with Crippen molar-refractivity contribution in [3.8, 4) is 11.5 Å². The van der Waals surface area contributed by atoms with E-state index in [1.54, 1.807) is 31.2 Å². The quantitative estimate of drug-likeness (QED) is 0.773. The Kier molecular flexibility index (Phi) is 5.78. The number of aryl methyl sites for hydroxylation is 1. The lowest BCUT2D eigenvalue weighted by Gasteiger charge is -2.24. The average Bonchev–Trinajstić information content (AvgIpc) is 3.10. The van der Waals surface area contributed by atoms with Gasteiger partial charge in [0.2, 0.25) is 11.8 Å². The molecule has 2 amide bonds. The minimum Gasteiger partial charge on any atom is -0.497 e. The maximum atomic E-state index is 13.1. The van der Waals surface area contributed by atoms with Crippen molar-refractivity contribution in [1.29, 1.82) is 0 Å². The minimum atomic E-state index is -4.19. The molecule has 2 aromatic rings. The van der Waals surface area contributed by atoms with Gasteiger partial charge in [-0.1, -0.05) is 6.07 Å². The molecule has 9 heteroatoms. The molecule has 0 bridgehead atoms. The first-order valence-electron chi connectivity index (χ1n) is 8.94. The zero-order valence-electron chi connectivity index (χ0n) is 16.3. The summed E-state index contributed by atoms with van der Waals surface area (Å²) in [5, 5.41) is 2.67. The molecule has 0 spiro atoms. The lowest BCUT2D eigenvalue weighted by molar-refractivity contribution is -0.128. The van der Waals surface area contributed by atoms with Crippen molar-refractivity contribution in [2.45, 2.75) is 30.7 Å². The first kappa shape index (κ1) is 20.7. The lowest BCUT2D eigenvalue weighted by atomic mass is 10.2. The fourth-order valence-corrected chi connectivity index (χ4v) is 4.94. The smallest absolute Gasteiger partial charge is 0.267 e. The molecule has 154 valence electrons. The maximum Gasteiger partial charge on any atom is 0.267 e. The van der Waals surface area contributed by atoms with Crippen molar-refractivity contribution in [2.75, 3.05) is 19.5 Å². The molecule has 0 saturated carbocycles. The Morgan fingerprint density at radius 1 is 1.14 bits per heavy atom. The molecular weight excluding hydrogens is 396 g/mol. The van der Waals surface area contributed by atoms with Gasteiger partial charge in [0.25, 0.3) is 10.0 Å². The van der Waals surface area contributed by atoms with Gasteiger partial charge in [0.15, 0.2) is 0 Å². The number of amides is 2. The molecule has 0 radical (unpaired) electrons. The summed E-state index contributed by atoms with van der Waals surface area (Å²) in [7, 11) is -1.20. The van der Waals surface area contributed by atoms with Gasteiger partial charge >= 0.3 is 0 Å². The lowest BCUT2D eigenvalue weighted by Crippen LogP contribution is -2.45. The van der Waals surface area contributed by atoms with E-state index in [0.29, 0.717) is 27.1 Å². The number of benzene rings is 2. The molecule has 8 nitrogen and oxygen atoms in total. The molecule has 0 unspecified atom stereocenters. The third-order valence-corrected chi connectivity index (χ3v) is 6.55. The van der Waals surface area contributed by atoms with Gasteiger partial charge in [0, 0.05) is 18.2 Å². The molecule has 3 rings (SSSR count). The highest BCUT2D eigenvalue weighted by Gasteiger charge is 2.44. The predicted molar refractivity (Wildman–Crippen MR) is 106 cm³/mol. The molecule has 2 aromatic carbocycles. The topological polar surface area (TPSA) is 102 Å². The van der Waals surface area contributed by atoms with Gasteiger partial charge in [-0.15, -0.1) is 0 Å². The van der Waals surface area contributed by atoms with Gasteiger partial charge in [0.1, 0.15) is 17.5 Å². The van der Waals surface area contributed by atoms with E-state index in [-0.39, 0.29) is 17.7 Å². The summed E-state index contributed by atoms with van der Waals surface area (Å²) in [6, 6.07) is 9.87. The second-order valence-corrected chi connectivity index (χ2v) is 8.42. The van der Waals surface area contributed by atoms with Crippen LogP contribution in [0, 0.1) is 6.92 Å². The van der Waals surface area contributed by atoms with Crippen LogP contribution in [0.1, 0.15) is 18.4 Å². The number of hydrogen-bond donors (Lipinski definition) is 1. The van der Waals surface area contributed by atoms with Gasteiger partial charge in [0.05, 0.1) is 19.1 Å². The van der Waals surface area contributed by atoms with E-state index in [0.717, 1.165) is 0 Å². The Hall–Kier alpha value is -3.07. The Labute approximate surface area is 169 Å². The van der Waals surface area contributed by atoms with E-state index in [4.69, 9.17) is 9.47 Å². The van der Waals surface area contributed by atoms with Gasteiger partial charge in [-0.3, -0.25) is 9.59 Å². The van der Waals surface area contributed by atoms with E-state index in [9.17, 15) is 18.0 Å². The molecule has 1 N–H and O–H groups in total. The third kappa shape index (κ3) is 4.04. The monoisotopic (exact) mass is 418 g/mol. The number of carbonyl (C=O) groups is 2. The fourth-order valence-electron chi connectivity index (χ4n) is 3.25. The van der Waals surface area contributed by atoms with Crippen LogP contribution in [0.3, 0.4) is 0 Å². The number of hydrogen-bond acceptors (Lipinski definition) is 6. The zero-order chi connectivity index (χ0) is 21.2. The molecule has 1 atom stereocenters. The largest absolute Gasteiger partial charge is 0.497 e. The number of carbonyl (C=O) groups excluding carboxylic acids is 2. The molecule has 0 aromatic heterocycles. The van der Waals surface area contributed by atoms with Crippen LogP contribution in [-0.4, -0.2) is 44.8 Å². The summed E-state index contributed by atoms with van der Waals surface area (Å²) in [5.74, 6) is -0.102. The van der Waals surface area contributed by atoms with Crippen molar-refractivity contribution in [3.63, 3.8) is 0 Å². The highest BCUT2D eigenvalue weighted by molar-refractivity contribution is 7.89. The van der Waals surface area contributed by atoms with Crippen LogP contribution >= 0.6 is 0 Å². The summed E-state index contributed by atoms with van der Waals surface area (Å²) in [5.41, 5.74) is 1.06. The number of anilines is 1. The van der Waals surface area contributed by atoms with Gasteiger partial charge in [-0.25, -0.2) is 12.7 Å². The SMILES string of the molecule is COc1cccc(NC(=O)[C@H]2CCC(=O)N2S(=O)(=O)c2ccc(OC)c(C)c2)c1. The second-order valence-electron chi connectivity index (χ2n) is 6.60. The van der Waals surface area contributed by atoms with Crippen LogP contribution in [0.25, 0.3) is 0 Å². The first-order valence-corrected chi connectivity index (χ1v) is 10.4. The summed E-state index contributed by atoms with van der Waals surface area (Å²) >= 11 is 0. The number of rotatable bonds is 6. The van der Waals surface area contributed by atoms with E-state index in [2.05, 4.69) is 5.32 Å². The van der Waals surface area contributed by atoms with Gasteiger partial charge in [-0.2, -0.15) is 0 Å². The molecular formula is C20H22N2O6S. The van der Waals surface area contributed by atoms with Crippen LogP contribution in [0.5, 0.6) is 11.5 Å². The number of ether oxygens (including phenoxy) is 2. The molecule has 29 heavy (non-hydrogen) atoms. The summed E-state index contributed by atoms with van der Waals surface area (Å²) < 4.78 is 37.2. The van der Waals surface area contributed by atoms with E-state index >= 15 is 0 Å². The summed E-state index contributed by atoms with van der Waals surface area (Å²) in [4.78, 5) is 25.1. The second kappa shape index (κ2) is 8.12. The van der Waals surface area contributed by atoms with Crippen molar-refractivity contribution >= 4 is 27.5 Å². The van der Waals surface area contributed by atoms with Crippen molar-refractivity contribution < 1.29 is 27.5 Å². The van der Waals surface area contributed by atoms with E-state index in [1.165, 1.54) is 32.4 Å². The normalized spacial score (nSPS) is 16.6. The number of methoxy groups -OCH3 is 2. The Bertz CT molecular complexity index is 1050. The predicted octanol–water partition coefficient (Wildman–Crippen LogP) is 2.33. The van der Waals surface area contributed by atoms with Gasteiger partial charge in [-0.05, 0) is 49.2 Å². The Morgan fingerprint density at radius 2 is 1.90 bits per heavy atom. The van der Waals surface area contributed by atoms with Crippen LogP contribution in [0.4, 0.5) is 5.69 Å². The Balaban J connectivity index is 1.89. The van der Waals surface area contributed by atoms with E-state index < -0.39 is 27.9 Å².